The molecule has 1 fully saturated rings. The first-order valence-electron chi connectivity index (χ1n) is 9.03. The van der Waals surface area contributed by atoms with E-state index >= 15 is 0 Å². The number of likely N-dealkylation sites (tertiary alicyclic amines) is 1. The molecule has 3 nitrogen and oxygen atoms in total. The number of piperidine rings is 1. The van der Waals surface area contributed by atoms with Gasteiger partial charge in [0.15, 0.2) is 0 Å². The zero-order valence-electron chi connectivity index (χ0n) is 14.2. The minimum Gasteiger partial charge on any atom is -0.342 e. The fourth-order valence-electron chi connectivity index (χ4n) is 3.53. The summed E-state index contributed by atoms with van der Waals surface area (Å²) in [5.41, 5.74) is 2.46. The molecule has 0 radical (unpaired) electrons. The lowest BCUT2D eigenvalue weighted by molar-refractivity contribution is -0.133. The van der Waals surface area contributed by atoms with E-state index in [0.29, 0.717) is 18.2 Å². The van der Waals surface area contributed by atoms with Crippen LogP contribution in [0.2, 0.25) is 0 Å². The van der Waals surface area contributed by atoms with E-state index in [2.05, 4.69) is 40.2 Å². The average molecular weight is 322 g/mol. The van der Waals surface area contributed by atoms with Gasteiger partial charge < -0.3 is 4.90 Å². The zero-order valence-corrected chi connectivity index (χ0v) is 14.2. The zero-order chi connectivity index (χ0) is 16.6. The topological polar surface area (TPSA) is 33.2 Å². The van der Waals surface area contributed by atoms with Crippen LogP contribution in [-0.4, -0.2) is 28.9 Å². The highest BCUT2D eigenvalue weighted by atomic mass is 16.2. The predicted octanol–water partition coefficient (Wildman–Crippen LogP) is 3.89. The molecule has 1 amide bonds. The first-order chi connectivity index (χ1) is 11.8. The molecule has 2 aromatic rings. The summed E-state index contributed by atoms with van der Waals surface area (Å²) in [6.07, 6.45) is 7.66. The molecule has 0 bridgehead atoms. The second-order valence-electron chi connectivity index (χ2n) is 6.71. The number of amides is 1. The van der Waals surface area contributed by atoms with Crippen molar-refractivity contribution in [1.29, 1.82) is 0 Å². The molecular formula is C21H26N2O. The molecule has 3 rings (SSSR count). The van der Waals surface area contributed by atoms with Crippen LogP contribution in [0.5, 0.6) is 0 Å². The molecule has 1 aromatic carbocycles. The Balaban J connectivity index is 1.44. The third-order valence-electron chi connectivity index (χ3n) is 4.79. The van der Waals surface area contributed by atoms with Crippen molar-refractivity contribution >= 4 is 5.91 Å². The molecule has 24 heavy (non-hydrogen) atoms. The number of rotatable bonds is 6. The molecule has 1 aliphatic rings. The molecule has 126 valence electrons. The number of benzene rings is 1. The Hall–Kier alpha value is -2.16. The molecule has 3 heteroatoms. The number of carbonyl (C=O) groups is 1. The van der Waals surface area contributed by atoms with Crippen molar-refractivity contribution in [2.75, 3.05) is 13.1 Å². The number of nitrogens with zero attached hydrogens (tertiary/aromatic N) is 2. The van der Waals surface area contributed by atoms with E-state index in [1.165, 1.54) is 12.0 Å². The van der Waals surface area contributed by atoms with Crippen molar-refractivity contribution in [3.05, 3.63) is 66.0 Å². The van der Waals surface area contributed by atoms with Gasteiger partial charge in [0, 0.05) is 31.4 Å². The Morgan fingerprint density at radius 1 is 1.12 bits per heavy atom. The SMILES string of the molecule is O=C(CCCc1ccccn1)N1CCCC(Cc2ccccc2)C1. The van der Waals surface area contributed by atoms with Crippen LogP contribution in [0.1, 0.15) is 36.9 Å². The van der Waals surface area contributed by atoms with Gasteiger partial charge in [-0.3, -0.25) is 9.78 Å². The lowest BCUT2D eigenvalue weighted by Crippen LogP contribution is -2.40. The van der Waals surface area contributed by atoms with E-state index in [9.17, 15) is 4.79 Å². The third kappa shape index (κ3) is 4.92. The molecule has 1 atom stereocenters. The molecule has 0 saturated carbocycles. The van der Waals surface area contributed by atoms with Crippen LogP contribution in [0.3, 0.4) is 0 Å². The van der Waals surface area contributed by atoms with E-state index in [1.807, 2.05) is 24.4 Å². The first kappa shape index (κ1) is 16.7. The number of pyridine rings is 1. The number of hydrogen-bond donors (Lipinski definition) is 0. The van der Waals surface area contributed by atoms with Gasteiger partial charge in [-0.25, -0.2) is 0 Å². The van der Waals surface area contributed by atoms with Gasteiger partial charge in [-0.1, -0.05) is 36.4 Å². The molecule has 1 aromatic heterocycles. The minimum atomic E-state index is 0.309. The monoisotopic (exact) mass is 322 g/mol. The van der Waals surface area contributed by atoms with Crippen LogP contribution in [0.4, 0.5) is 0 Å². The minimum absolute atomic E-state index is 0.309. The first-order valence-corrected chi connectivity index (χ1v) is 9.03. The quantitative estimate of drug-likeness (QED) is 0.808. The van der Waals surface area contributed by atoms with E-state index in [4.69, 9.17) is 0 Å². The molecule has 1 aliphatic heterocycles. The Labute approximate surface area is 144 Å². The van der Waals surface area contributed by atoms with Crippen LogP contribution >= 0.6 is 0 Å². The highest BCUT2D eigenvalue weighted by molar-refractivity contribution is 5.76. The number of carbonyl (C=O) groups excluding carboxylic acids is 1. The summed E-state index contributed by atoms with van der Waals surface area (Å²) >= 11 is 0. The van der Waals surface area contributed by atoms with Gasteiger partial charge in [0.05, 0.1) is 0 Å². The molecule has 1 saturated heterocycles. The molecule has 0 spiro atoms. The number of aromatic nitrogens is 1. The van der Waals surface area contributed by atoms with E-state index < -0.39 is 0 Å². The fourth-order valence-corrected chi connectivity index (χ4v) is 3.53. The van der Waals surface area contributed by atoms with E-state index in [1.54, 1.807) is 0 Å². The van der Waals surface area contributed by atoms with Crippen molar-refractivity contribution in [2.45, 2.75) is 38.5 Å². The Morgan fingerprint density at radius 2 is 1.96 bits per heavy atom. The smallest absolute Gasteiger partial charge is 0.222 e. The lowest BCUT2D eigenvalue weighted by atomic mass is 9.91. The van der Waals surface area contributed by atoms with Crippen LogP contribution in [0.15, 0.2) is 54.7 Å². The molecule has 1 unspecified atom stereocenters. The summed E-state index contributed by atoms with van der Waals surface area (Å²) in [6.45, 7) is 1.84. The van der Waals surface area contributed by atoms with Gasteiger partial charge in [0.1, 0.15) is 0 Å². The molecular weight excluding hydrogens is 296 g/mol. The Bertz CT molecular complexity index is 627. The van der Waals surface area contributed by atoms with Crippen LogP contribution in [-0.2, 0) is 17.6 Å². The van der Waals surface area contributed by atoms with Gasteiger partial charge in [0.2, 0.25) is 5.91 Å². The van der Waals surface area contributed by atoms with Crippen LogP contribution in [0, 0.1) is 5.92 Å². The van der Waals surface area contributed by atoms with Crippen LogP contribution < -0.4 is 0 Å². The third-order valence-corrected chi connectivity index (χ3v) is 4.79. The summed E-state index contributed by atoms with van der Waals surface area (Å²) in [6, 6.07) is 16.6. The summed E-state index contributed by atoms with van der Waals surface area (Å²) in [4.78, 5) is 18.9. The van der Waals surface area contributed by atoms with Gasteiger partial charge in [-0.2, -0.15) is 0 Å². The van der Waals surface area contributed by atoms with Crippen molar-refractivity contribution in [3.8, 4) is 0 Å². The van der Waals surface area contributed by atoms with Gasteiger partial charge in [-0.15, -0.1) is 0 Å². The largest absolute Gasteiger partial charge is 0.342 e. The summed E-state index contributed by atoms with van der Waals surface area (Å²) in [5.74, 6) is 0.907. The maximum atomic E-state index is 12.5. The van der Waals surface area contributed by atoms with Crippen LogP contribution in [0.25, 0.3) is 0 Å². The second-order valence-corrected chi connectivity index (χ2v) is 6.71. The Morgan fingerprint density at radius 3 is 2.75 bits per heavy atom. The lowest BCUT2D eigenvalue weighted by Gasteiger charge is -2.33. The molecule has 0 N–H and O–H groups in total. The fraction of sp³-hybridized carbons (Fsp3) is 0.429. The number of hydrogen-bond acceptors (Lipinski definition) is 2. The van der Waals surface area contributed by atoms with Gasteiger partial charge in [-0.05, 0) is 55.7 Å². The van der Waals surface area contributed by atoms with Crippen molar-refractivity contribution in [2.24, 2.45) is 5.92 Å². The maximum Gasteiger partial charge on any atom is 0.222 e. The normalized spacial score (nSPS) is 17.7. The highest BCUT2D eigenvalue weighted by Crippen LogP contribution is 2.21. The predicted molar refractivity (Wildman–Crippen MR) is 96.6 cm³/mol. The average Bonchev–Trinajstić information content (AvgIpc) is 2.64. The van der Waals surface area contributed by atoms with Crippen molar-refractivity contribution < 1.29 is 4.79 Å². The summed E-state index contributed by atoms with van der Waals surface area (Å²) < 4.78 is 0. The van der Waals surface area contributed by atoms with E-state index in [-0.39, 0.29) is 0 Å². The molecule has 2 heterocycles. The van der Waals surface area contributed by atoms with Crippen molar-refractivity contribution in [3.63, 3.8) is 0 Å². The second kappa shape index (κ2) is 8.62. The van der Waals surface area contributed by atoms with Crippen molar-refractivity contribution in [1.82, 2.24) is 9.88 Å². The number of aryl methyl sites for hydroxylation is 1. The van der Waals surface area contributed by atoms with Gasteiger partial charge >= 0.3 is 0 Å². The summed E-state index contributed by atoms with van der Waals surface area (Å²) in [7, 11) is 0. The Kier molecular flexibility index (Phi) is 6.00. The van der Waals surface area contributed by atoms with E-state index in [0.717, 1.165) is 44.5 Å². The standard InChI is InChI=1S/C21H26N2O/c24-21(13-6-12-20-11-4-5-14-22-20)23-15-7-10-19(17-23)16-18-8-2-1-3-9-18/h1-5,8-9,11,14,19H,6-7,10,12-13,15-17H2. The molecule has 0 aliphatic carbocycles. The van der Waals surface area contributed by atoms with Gasteiger partial charge in [0.25, 0.3) is 0 Å². The maximum absolute atomic E-state index is 12.5. The summed E-state index contributed by atoms with van der Waals surface area (Å²) in [5, 5.41) is 0. The highest BCUT2D eigenvalue weighted by Gasteiger charge is 2.23.